The van der Waals surface area contributed by atoms with Gasteiger partial charge in [0, 0.05) is 64.4 Å². The van der Waals surface area contributed by atoms with Crippen molar-refractivity contribution in [2.45, 2.75) is 19.8 Å². The number of allylic oxidation sites excluding steroid dienone is 1. The molecule has 0 bridgehead atoms. The fraction of sp³-hybridized carbons (Fsp3) is 0.227. The summed E-state index contributed by atoms with van der Waals surface area (Å²) in [5.74, 6) is 0. The third-order valence-electron chi connectivity index (χ3n) is 4.89. The van der Waals surface area contributed by atoms with Gasteiger partial charge in [0.15, 0.2) is 0 Å². The first kappa shape index (κ1) is 17.9. The molecule has 27 heavy (non-hydrogen) atoms. The molecule has 0 radical (unpaired) electrons. The van der Waals surface area contributed by atoms with Crippen molar-refractivity contribution in [2.75, 3.05) is 23.7 Å². The normalized spacial score (nSPS) is 13.6. The van der Waals surface area contributed by atoms with E-state index < -0.39 is 0 Å². The van der Waals surface area contributed by atoms with Crippen molar-refractivity contribution in [2.24, 2.45) is 4.99 Å². The molecular formula is C22H23BrN4. The number of aryl methyl sites for hydroxylation is 1. The molecule has 0 spiro atoms. The zero-order valence-electron chi connectivity index (χ0n) is 15.3. The number of rotatable bonds is 6. The number of hydrogen-bond donors (Lipinski definition) is 3. The molecule has 0 amide bonds. The summed E-state index contributed by atoms with van der Waals surface area (Å²) in [6.07, 6.45) is 7.96. The van der Waals surface area contributed by atoms with Gasteiger partial charge in [-0.15, -0.1) is 0 Å². The quantitative estimate of drug-likeness (QED) is 0.479. The molecule has 2 heterocycles. The second-order valence-electron chi connectivity index (χ2n) is 6.81. The average Bonchev–Trinajstić information content (AvgIpc) is 3.10. The van der Waals surface area contributed by atoms with Gasteiger partial charge in [-0.25, -0.2) is 0 Å². The van der Waals surface area contributed by atoms with Gasteiger partial charge < -0.3 is 15.6 Å². The van der Waals surface area contributed by atoms with Crippen molar-refractivity contribution in [1.82, 2.24) is 4.98 Å². The van der Waals surface area contributed by atoms with E-state index in [0.717, 1.165) is 41.8 Å². The second kappa shape index (κ2) is 8.01. The molecule has 1 aliphatic heterocycles. The predicted molar refractivity (Wildman–Crippen MR) is 119 cm³/mol. The van der Waals surface area contributed by atoms with Gasteiger partial charge in [0.25, 0.3) is 0 Å². The Hall–Kier alpha value is -2.53. The van der Waals surface area contributed by atoms with Gasteiger partial charge >= 0.3 is 0 Å². The van der Waals surface area contributed by atoms with Crippen molar-refractivity contribution >= 4 is 44.4 Å². The number of dihydropyridines is 1. The van der Waals surface area contributed by atoms with E-state index in [2.05, 4.69) is 86.1 Å². The van der Waals surface area contributed by atoms with E-state index in [1.807, 2.05) is 12.3 Å². The molecule has 3 N–H and O–H groups in total. The maximum Gasteiger partial charge on any atom is 0.0488 e. The highest BCUT2D eigenvalue weighted by Gasteiger charge is 2.09. The highest BCUT2D eigenvalue weighted by molar-refractivity contribution is 9.10. The summed E-state index contributed by atoms with van der Waals surface area (Å²) in [5.41, 5.74) is 7.22. The fourth-order valence-corrected chi connectivity index (χ4v) is 3.87. The van der Waals surface area contributed by atoms with Gasteiger partial charge in [-0.2, -0.15) is 0 Å². The Bertz CT molecular complexity index is 1020. The van der Waals surface area contributed by atoms with Crippen molar-refractivity contribution in [3.63, 3.8) is 0 Å². The Labute approximate surface area is 167 Å². The monoisotopic (exact) mass is 422 g/mol. The van der Waals surface area contributed by atoms with Crippen molar-refractivity contribution in [3.05, 3.63) is 70.0 Å². The number of anilines is 2. The maximum atomic E-state index is 4.23. The lowest BCUT2D eigenvalue weighted by Gasteiger charge is -2.17. The van der Waals surface area contributed by atoms with Gasteiger partial charge in [-0.3, -0.25) is 4.99 Å². The summed E-state index contributed by atoms with van der Waals surface area (Å²) in [5, 5.41) is 8.39. The molecule has 1 aromatic heterocycles. The number of aliphatic imine (C=N–C) groups is 1. The number of para-hydroxylation sites is 1. The molecule has 3 aromatic rings. The average molecular weight is 423 g/mol. The molecule has 1 aliphatic rings. The maximum absolute atomic E-state index is 4.23. The van der Waals surface area contributed by atoms with Crippen LogP contribution in [-0.4, -0.2) is 24.3 Å². The molecule has 0 fully saturated rings. The Kier molecular flexibility index (Phi) is 5.30. The Morgan fingerprint density at radius 1 is 1.19 bits per heavy atom. The van der Waals surface area contributed by atoms with Crippen LogP contribution in [0.25, 0.3) is 10.9 Å². The summed E-state index contributed by atoms with van der Waals surface area (Å²) >= 11 is 3.71. The van der Waals surface area contributed by atoms with Crippen molar-refractivity contribution in [3.8, 4) is 0 Å². The minimum atomic E-state index is 0.854. The van der Waals surface area contributed by atoms with Gasteiger partial charge in [-0.1, -0.05) is 18.2 Å². The Morgan fingerprint density at radius 3 is 2.93 bits per heavy atom. The molecular weight excluding hydrogens is 400 g/mol. The first-order valence-corrected chi connectivity index (χ1v) is 10.0. The molecule has 0 unspecified atom stereocenters. The summed E-state index contributed by atoms with van der Waals surface area (Å²) in [7, 11) is 0. The van der Waals surface area contributed by atoms with Crippen LogP contribution in [0.15, 0.2) is 63.8 Å². The topological polar surface area (TPSA) is 52.2 Å². The zero-order valence-corrected chi connectivity index (χ0v) is 16.9. The van der Waals surface area contributed by atoms with E-state index in [1.165, 1.54) is 27.7 Å². The van der Waals surface area contributed by atoms with Crippen LogP contribution in [0.5, 0.6) is 0 Å². The SMILES string of the molecule is Cc1cc(NCCc2c[nH]c3ccccc23)c(Br)cc1NC1=CC=NCC1. The van der Waals surface area contributed by atoms with E-state index in [9.17, 15) is 0 Å². The summed E-state index contributed by atoms with van der Waals surface area (Å²) in [4.78, 5) is 7.58. The van der Waals surface area contributed by atoms with E-state index in [0.29, 0.717) is 0 Å². The lowest BCUT2D eigenvalue weighted by Crippen LogP contribution is -2.08. The van der Waals surface area contributed by atoms with Gasteiger partial charge in [0.2, 0.25) is 0 Å². The third kappa shape index (κ3) is 4.08. The number of nitrogens with one attached hydrogen (secondary N) is 3. The highest BCUT2D eigenvalue weighted by atomic mass is 79.9. The number of nitrogens with zero attached hydrogens (tertiary/aromatic N) is 1. The van der Waals surface area contributed by atoms with Crippen LogP contribution in [0.3, 0.4) is 0 Å². The largest absolute Gasteiger partial charge is 0.384 e. The molecule has 0 saturated heterocycles. The molecule has 0 saturated carbocycles. The van der Waals surface area contributed by atoms with E-state index in [1.54, 1.807) is 0 Å². The summed E-state index contributed by atoms with van der Waals surface area (Å²) < 4.78 is 1.07. The number of hydrogen-bond acceptors (Lipinski definition) is 3. The molecule has 0 atom stereocenters. The smallest absolute Gasteiger partial charge is 0.0488 e. The standard InChI is InChI=1S/C22H23BrN4/c1-15-12-22(19(23)13-21(15)27-17-7-9-24-10-8-17)25-11-6-16-14-26-20-5-3-2-4-18(16)20/h2-5,7,9,12-14,25-27H,6,8,10-11H2,1H3. The van der Waals surface area contributed by atoms with E-state index in [-0.39, 0.29) is 0 Å². The molecule has 5 heteroatoms. The lowest BCUT2D eigenvalue weighted by atomic mass is 10.1. The van der Waals surface area contributed by atoms with E-state index >= 15 is 0 Å². The second-order valence-corrected chi connectivity index (χ2v) is 7.66. The molecule has 0 aliphatic carbocycles. The van der Waals surface area contributed by atoms with Crippen molar-refractivity contribution in [1.29, 1.82) is 0 Å². The number of benzene rings is 2. The number of aromatic amines is 1. The Morgan fingerprint density at radius 2 is 2.07 bits per heavy atom. The van der Waals surface area contributed by atoms with Crippen molar-refractivity contribution < 1.29 is 0 Å². The zero-order chi connectivity index (χ0) is 18.6. The van der Waals surface area contributed by atoms with Crippen LogP contribution in [0.4, 0.5) is 11.4 Å². The van der Waals surface area contributed by atoms with Crippen LogP contribution in [0.2, 0.25) is 0 Å². The lowest BCUT2D eigenvalue weighted by molar-refractivity contribution is 0.946. The number of fused-ring (bicyclic) bond motifs is 1. The molecule has 138 valence electrons. The minimum absolute atomic E-state index is 0.854. The fourth-order valence-electron chi connectivity index (χ4n) is 3.38. The third-order valence-corrected chi connectivity index (χ3v) is 5.54. The van der Waals surface area contributed by atoms with Gasteiger partial charge in [-0.05, 0) is 64.7 Å². The van der Waals surface area contributed by atoms with Gasteiger partial charge in [0.1, 0.15) is 0 Å². The predicted octanol–water partition coefficient (Wildman–Crippen LogP) is 5.66. The van der Waals surface area contributed by atoms with Crippen LogP contribution in [0.1, 0.15) is 17.5 Å². The number of halogens is 1. The minimum Gasteiger partial charge on any atom is -0.384 e. The summed E-state index contributed by atoms with van der Waals surface area (Å²) in [6, 6.07) is 12.8. The number of aromatic nitrogens is 1. The Balaban J connectivity index is 1.42. The van der Waals surface area contributed by atoms with Crippen LogP contribution < -0.4 is 10.6 Å². The highest BCUT2D eigenvalue weighted by Crippen LogP contribution is 2.30. The number of H-pyrrole nitrogens is 1. The van der Waals surface area contributed by atoms with Crippen LogP contribution >= 0.6 is 15.9 Å². The molecule has 2 aromatic carbocycles. The molecule has 4 rings (SSSR count). The van der Waals surface area contributed by atoms with Crippen LogP contribution in [-0.2, 0) is 6.42 Å². The molecule has 4 nitrogen and oxygen atoms in total. The van der Waals surface area contributed by atoms with Gasteiger partial charge in [0.05, 0.1) is 0 Å². The first-order chi connectivity index (χ1) is 13.2. The first-order valence-electron chi connectivity index (χ1n) is 9.26. The van der Waals surface area contributed by atoms with E-state index in [4.69, 9.17) is 0 Å². The summed E-state index contributed by atoms with van der Waals surface area (Å²) in [6.45, 7) is 3.87. The van der Waals surface area contributed by atoms with Crippen LogP contribution in [0, 0.1) is 6.92 Å².